The van der Waals surface area contributed by atoms with Crippen LogP contribution in [-0.2, 0) is 13.0 Å². The molecule has 156 valence electrons. The van der Waals surface area contributed by atoms with Gasteiger partial charge in [-0.25, -0.2) is 0 Å². The highest BCUT2D eigenvalue weighted by atomic mass is 16.5. The highest BCUT2D eigenvalue weighted by Crippen LogP contribution is 2.40. The molecule has 0 saturated carbocycles. The molecule has 0 fully saturated rings. The number of nitrogens with two attached hydrogens (primary N) is 1. The molecule has 1 atom stereocenters. The lowest BCUT2D eigenvalue weighted by atomic mass is 9.84. The van der Waals surface area contributed by atoms with E-state index in [0.717, 1.165) is 11.1 Å². The topological polar surface area (TPSA) is 122 Å². The standard InChI is InChI=1S/C24H21N3O4/c1-14-11-20-22(21(16-5-3-2-4-6-16)17(13-25)23(26)31-20)24(30)27(14)10-9-15-7-8-18(28)19(29)12-15/h2-8,11-12,21,28-29H,9-10,26H2,1H3/t21-/m0/s1. The predicted molar refractivity (Wildman–Crippen MR) is 115 cm³/mol. The molecule has 1 aliphatic rings. The lowest BCUT2D eigenvalue weighted by Gasteiger charge is -2.27. The maximum Gasteiger partial charge on any atom is 0.258 e. The third-order valence-electron chi connectivity index (χ3n) is 5.49. The van der Waals surface area contributed by atoms with Gasteiger partial charge in [0.1, 0.15) is 17.4 Å². The molecular formula is C24H21N3O4. The van der Waals surface area contributed by atoms with Crippen LogP contribution in [0.25, 0.3) is 0 Å². The third kappa shape index (κ3) is 3.60. The molecule has 2 heterocycles. The van der Waals surface area contributed by atoms with E-state index in [0.29, 0.717) is 30.0 Å². The first-order valence-electron chi connectivity index (χ1n) is 9.78. The smallest absolute Gasteiger partial charge is 0.258 e. The number of ether oxygens (including phenoxy) is 1. The van der Waals surface area contributed by atoms with Gasteiger partial charge in [0, 0.05) is 18.3 Å². The SMILES string of the molecule is Cc1cc2c(c(=O)n1CCc1ccc(O)c(O)c1)[C@@H](c1ccccc1)C(C#N)=C(N)O2. The minimum absolute atomic E-state index is 0.0000264. The molecule has 1 aromatic heterocycles. The Morgan fingerprint density at radius 2 is 1.87 bits per heavy atom. The van der Waals surface area contributed by atoms with Gasteiger partial charge in [-0.15, -0.1) is 0 Å². The van der Waals surface area contributed by atoms with Crippen LogP contribution in [0.4, 0.5) is 0 Å². The number of rotatable bonds is 4. The Morgan fingerprint density at radius 3 is 2.55 bits per heavy atom. The predicted octanol–water partition coefficient (Wildman–Crippen LogP) is 3.03. The van der Waals surface area contributed by atoms with Crippen molar-refractivity contribution in [3.63, 3.8) is 0 Å². The molecule has 31 heavy (non-hydrogen) atoms. The van der Waals surface area contributed by atoms with Crippen LogP contribution in [-0.4, -0.2) is 14.8 Å². The van der Waals surface area contributed by atoms with Gasteiger partial charge in [0.25, 0.3) is 5.56 Å². The number of nitrogens with zero attached hydrogens (tertiary/aromatic N) is 2. The molecule has 0 unspecified atom stereocenters. The van der Waals surface area contributed by atoms with Gasteiger partial charge in [-0.05, 0) is 36.6 Å². The van der Waals surface area contributed by atoms with Crippen molar-refractivity contribution in [2.24, 2.45) is 5.73 Å². The zero-order valence-corrected chi connectivity index (χ0v) is 16.9. The number of allylic oxidation sites excluding steroid dienone is 1. The summed E-state index contributed by atoms with van der Waals surface area (Å²) in [6.45, 7) is 2.15. The first-order valence-corrected chi connectivity index (χ1v) is 9.78. The van der Waals surface area contributed by atoms with Crippen LogP contribution >= 0.6 is 0 Å². The lowest BCUT2D eigenvalue weighted by molar-refractivity contribution is 0.388. The molecule has 0 saturated heterocycles. The third-order valence-corrected chi connectivity index (χ3v) is 5.49. The molecule has 1 aliphatic heterocycles. The molecule has 2 aromatic carbocycles. The van der Waals surface area contributed by atoms with Gasteiger partial charge in [0.2, 0.25) is 5.88 Å². The Kier molecular flexibility index (Phi) is 5.14. The number of phenolic OH excluding ortho intramolecular Hbond substituents is 2. The number of aromatic hydroxyl groups is 2. The molecule has 0 radical (unpaired) electrons. The Labute approximate surface area is 178 Å². The van der Waals surface area contributed by atoms with E-state index in [9.17, 15) is 20.3 Å². The van der Waals surface area contributed by atoms with Crippen molar-refractivity contribution in [3.8, 4) is 23.3 Å². The van der Waals surface area contributed by atoms with Gasteiger partial charge in [-0.3, -0.25) is 4.79 Å². The number of benzene rings is 2. The summed E-state index contributed by atoms with van der Waals surface area (Å²) in [5.41, 5.74) is 8.57. The second-order valence-electron chi connectivity index (χ2n) is 7.43. The largest absolute Gasteiger partial charge is 0.504 e. The normalized spacial score (nSPS) is 15.2. The highest BCUT2D eigenvalue weighted by Gasteiger charge is 2.34. The Morgan fingerprint density at radius 1 is 1.13 bits per heavy atom. The second kappa shape index (κ2) is 7.92. The minimum atomic E-state index is -0.619. The highest BCUT2D eigenvalue weighted by molar-refractivity contribution is 5.55. The van der Waals surface area contributed by atoms with Gasteiger partial charge in [-0.2, -0.15) is 5.26 Å². The number of fused-ring (bicyclic) bond motifs is 1. The van der Waals surface area contributed by atoms with E-state index in [2.05, 4.69) is 6.07 Å². The average molecular weight is 415 g/mol. The summed E-state index contributed by atoms with van der Waals surface area (Å²) in [4.78, 5) is 13.5. The zero-order valence-electron chi connectivity index (χ0n) is 16.9. The molecule has 7 heteroatoms. The van der Waals surface area contributed by atoms with Crippen LogP contribution in [0.15, 0.2) is 70.8 Å². The van der Waals surface area contributed by atoms with Crippen molar-refractivity contribution < 1.29 is 14.9 Å². The fourth-order valence-electron chi connectivity index (χ4n) is 3.91. The fourth-order valence-corrected chi connectivity index (χ4v) is 3.91. The summed E-state index contributed by atoms with van der Waals surface area (Å²) in [7, 11) is 0. The van der Waals surface area contributed by atoms with Crippen LogP contribution in [0.3, 0.4) is 0 Å². The molecule has 0 amide bonds. The first-order chi connectivity index (χ1) is 14.9. The summed E-state index contributed by atoms with van der Waals surface area (Å²) in [5.74, 6) is -0.663. The Balaban J connectivity index is 1.79. The van der Waals surface area contributed by atoms with E-state index in [1.165, 1.54) is 12.1 Å². The maximum absolute atomic E-state index is 13.5. The minimum Gasteiger partial charge on any atom is -0.504 e. The van der Waals surface area contributed by atoms with Crippen molar-refractivity contribution in [3.05, 3.63) is 98.8 Å². The Hall–Kier alpha value is -4.18. The summed E-state index contributed by atoms with van der Waals surface area (Å²) >= 11 is 0. The van der Waals surface area contributed by atoms with Crippen molar-refractivity contribution in [2.45, 2.75) is 25.8 Å². The van der Waals surface area contributed by atoms with E-state index in [1.54, 1.807) is 23.6 Å². The van der Waals surface area contributed by atoms with E-state index in [4.69, 9.17) is 10.5 Å². The average Bonchev–Trinajstić information content (AvgIpc) is 2.75. The molecule has 3 aromatic rings. The second-order valence-corrected chi connectivity index (χ2v) is 7.43. The number of hydrogen-bond acceptors (Lipinski definition) is 6. The molecule has 4 N–H and O–H groups in total. The van der Waals surface area contributed by atoms with Crippen LogP contribution in [0.5, 0.6) is 17.2 Å². The Bertz CT molecular complexity index is 1290. The van der Waals surface area contributed by atoms with Gasteiger partial charge < -0.3 is 25.3 Å². The number of aromatic nitrogens is 1. The van der Waals surface area contributed by atoms with E-state index in [1.807, 2.05) is 30.3 Å². The van der Waals surface area contributed by atoms with E-state index < -0.39 is 5.92 Å². The van der Waals surface area contributed by atoms with Crippen molar-refractivity contribution in [1.82, 2.24) is 4.57 Å². The van der Waals surface area contributed by atoms with Gasteiger partial charge >= 0.3 is 0 Å². The molecule has 0 spiro atoms. The van der Waals surface area contributed by atoms with Crippen molar-refractivity contribution in [2.75, 3.05) is 0 Å². The van der Waals surface area contributed by atoms with E-state index in [-0.39, 0.29) is 28.5 Å². The number of hydrogen-bond donors (Lipinski definition) is 3. The number of nitriles is 1. The van der Waals surface area contributed by atoms with E-state index >= 15 is 0 Å². The quantitative estimate of drug-likeness (QED) is 0.563. The fraction of sp³-hybridized carbons (Fsp3) is 0.167. The monoisotopic (exact) mass is 415 g/mol. The lowest BCUT2D eigenvalue weighted by Crippen LogP contribution is -2.33. The number of pyridine rings is 1. The summed E-state index contributed by atoms with van der Waals surface area (Å²) in [6, 6.07) is 17.7. The van der Waals surface area contributed by atoms with Gasteiger partial charge in [0.05, 0.1) is 11.5 Å². The van der Waals surface area contributed by atoms with Crippen molar-refractivity contribution in [1.29, 1.82) is 5.26 Å². The zero-order chi connectivity index (χ0) is 22.1. The van der Waals surface area contributed by atoms with Crippen LogP contribution in [0.1, 0.15) is 28.3 Å². The molecule has 4 rings (SSSR count). The van der Waals surface area contributed by atoms with Crippen LogP contribution < -0.4 is 16.0 Å². The van der Waals surface area contributed by atoms with Gasteiger partial charge in [0.15, 0.2) is 11.5 Å². The molecule has 7 nitrogen and oxygen atoms in total. The van der Waals surface area contributed by atoms with Crippen LogP contribution in [0.2, 0.25) is 0 Å². The van der Waals surface area contributed by atoms with Crippen LogP contribution in [0, 0.1) is 18.3 Å². The van der Waals surface area contributed by atoms with Gasteiger partial charge in [-0.1, -0.05) is 36.4 Å². The van der Waals surface area contributed by atoms with Crippen molar-refractivity contribution >= 4 is 0 Å². The number of phenols is 2. The summed E-state index contributed by atoms with van der Waals surface area (Å²) < 4.78 is 7.28. The first kappa shape index (κ1) is 20.1. The molecular weight excluding hydrogens is 394 g/mol. The summed E-state index contributed by atoms with van der Waals surface area (Å²) in [6.07, 6.45) is 0.466. The maximum atomic E-state index is 13.5. The molecule has 0 aliphatic carbocycles. The molecule has 0 bridgehead atoms. The summed E-state index contributed by atoms with van der Waals surface area (Å²) in [5, 5.41) is 28.9. The number of aryl methyl sites for hydroxylation is 2.